The first-order valence-electron chi connectivity index (χ1n) is 21.1. The first kappa shape index (κ1) is 43.2. The van der Waals surface area contributed by atoms with Gasteiger partial charge in [0.25, 0.3) is 0 Å². The number of ether oxygens (including phenoxy) is 2. The lowest BCUT2D eigenvalue weighted by Crippen LogP contribution is -2.31. The monoisotopic (exact) mass is 676 g/mol. The molecule has 1 atom stereocenters. The van der Waals surface area contributed by atoms with E-state index in [0.29, 0.717) is 0 Å². The van der Waals surface area contributed by atoms with Crippen LogP contribution in [-0.2, 0) is 15.9 Å². The maximum absolute atomic E-state index is 6.78. The van der Waals surface area contributed by atoms with Crippen molar-refractivity contribution in [1.29, 1.82) is 0 Å². The van der Waals surface area contributed by atoms with Crippen LogP contribution < -0.4 is 0 Å². The van der Waals surface area contributed by atoms with Gasteiger partial charge in [0, 0.05) is 25.2 Å². The number of nitrogens with zero attached hydrogens (tertiary/aromatic N) is 1. The average molecular weight is 676 g/mol. The molecule has 0 spiro atoms. The van der Waals surface area contributed by atoms with Crippen LogP contribution in [0.2, 0.25) is 0 Å². The summed E-state index contributed by atoms with van der Waals surface area (Å²) in [6.07, 6.45) is 57.6. The van der Waals surface area contributed by atoms with Gasteiger partial charge in [-0.05, 0) is 95.1 Å². The van der Waals surface area contributed by atoms with Crippen LogP contribution in [0.4, 0.5) is 0 Å². The Kier molecular flexibility index (Phi) is 28.2. The molecule has 0 amide bonds. The van der Waals surface area contributed by atoms with Crippen LogP contribution in [0.5, 0.6) is 0 Å². The van der Waals surface area contributed by atoms with Crippen LogP contribution in [0.15, 0.2) is 73.1 Å². The van der Waals surface area contributed by atoms with Crippen LogP contribution in [0.1, 0.15) is 193 Å². The molecular weight excluding hydrogens is 599 g/mol. The Bertz CT molecular complexity index is 919. The SMILES string of the molecule is CCCC/C=C\C/C=C\CCCCCCCCC1(CCCCCCCC/C=C\C/C=C\CCCC)OCC(CCCCc2cccnc2)O1. The second-order valence-electron chi connectivity index (χ2n) is 14.5. The van der Waals surface area contributed by atoms with Crippen molar-refractivity contribution in [3.8, 4) is 0 Å². The van der Waals surface area contributed by atoms with E-state index in [4.69, 9.17) is 9.47 Å². The topological polar surface area (TPSA) is 31.4 Å². The van der Waals surface area contributed by atoms with Crippen molar-refractivity contribution in [3.05, 3.63) is 78.7 Å². The number of aromatic nitrogens is 1. The molecule has 2 rings (SSSR count). The van der Waals surface area contributed by atoms with E-state index in [-0.39, 0.29) is 11.9 Å². The van der Waals surface area contributed by atoms with Gasteiger partial charge in [0.1, 0.15) is 0 Å². The molecule has 0 radical (unpaired) electrons. The highest BCUT2D eigenvalue weighted by molar-refractivity contribution is 5.08. The number of unbranched alkanes of at least 4 members (excludes halogenated alkanes) is 17. The number of hydrogen-bond donors (Lipinski definition) is 0. The van der Waals surface area contributed by atoms with Crippen molar-refractivity contribution >= 4 is 0 Å². The molecule has 2 heterocycles. The second-order valence-corrected chi connectivity index (χ2v) is 14.5. The summed E-state index contributed by atoms with van der Waals surface area (Å²) in [7, 11) is 0. The highest BCUT2D eigenvalue weighted by Crippen LogP contribution is 2.36. The van der Waals surface area contributed by atoms with Gasteiger partial charge in [0.15, 0.2) is 5.79 Å². The van der Waals surface area contributed by atoms with Gasteiger partial charge >= 0.3 is 0 Å². The molecule has 1 aliphatic rings. The van der Waals surface area contributed by atoms with Gasteiger partial charge in [-0.15, -0.1) is 0 Å². The summed E-state index contributed by atoms with van der Waals surface area (Å²) in [6, 6.07) is 4.23. The Morgan fingerprint density at radius 3 is 1.63 bits per heavy atom. The third-order valence-corrected chi connectivity index (χ3v) is 9.89. The summed E-state index contributed by atoms with van der Waals surface area (Å²) in [6.45, 7) is 5.29. The molecule has 1 aliphatic heterocycles. The minimum Gasteiger partial charge on any atom is -0.347 e. The zero-order valence-electron chi connectivity index (χ0n) is 32.3. The molecule has 1 fully saturated rings. The molecule has 1 aromatic heterocycles. The Balaban J connectivity index is 1.60. The fraction of sp³-hybridized carbons (Fsp3) is 0.717. The predicted molar refractivity (Wildman–Crippen MR) is 214 cm³/mol. The largest absolute Gasteiger partial charge is 0.347 e. The third kappa shape index (κ3) is 24.8. The van der Waals surface area contributed by atoms with Gasteiger partial charge in [0.2, 0.25) is 0 Å². The van der Waals surface area contributed by atoms with Crippen LogP contribution >= 0.6 is 0 Å². The van der Waals surface area contributed by atoms with Crippen LogP contribution in [-0.4, -0.2) is 23.5 Å². The highest BCUT2D eigenvalue weighted by atomic mass is 16.7. The summed E-state index contributed by atoms with van der Waals surface area (Å²) < 4.78 is 13.3. The van der Waals surface area contributed by atoms with Crippen LogP contribution in [0, 0.1) is 0 Å². The Labute approximate surface area is 304 Å². The van der Waals surface area contributed by atoms with E-state index in [9.17, 15) is 0 Å². The lowest BCUT2D eigenvalue weighted by atomic mass is 9.98. The fourth-order valence-corrected chi connectivity index (χ4v) is 6.78. The zero-order valence-corrected chi connectivity index (χ0v) is 32.3. The summed E-state index contributed by atoms with van der Waals surface area (Å²) >= 11 is 0. The van der Waals surface area contributed by atoms with E-state index in [0.717, 1.165) is 45.1 Å². The van der Waals surface area contributed by atoms with Crippen molar-refractivity contribution in [2.75, 3.05) is 6.61 Å². The van der Waals surface area contributed by atoms with Gasteiger partial charge in [-0.2, -0.15) is 0 Å². The van der Waals surface area contributed by atoms with Gasteiger partial charge in [-0.1, -0.05) is 152 Å². The van der Waals surface area contributed by atoms with Gasteiger partial charge in [0.05, 0.1) is 12.7 Å². The minimum absolute atomic E-state index is 0.258. The molecule has 1 aromatic rings. The van der Waals surface area contributed by atoms with Gasteiger partial charge < -0.3 is 9.47 Å². The highest BCUT2D eigenvalue weighted by Gasteiger charge is 2.40. The van der Waals surface area contributed by atoms with Crippen molar-refractivity contribution in [2.45, 2.75) is 206 Å². The van der Waals surface area contributed by atoms with Crippen molar-refractivity contribution < 1.29 is 9.47 Å². The van der Waals surface area contributed by atoms with E-state index in [1.807, 2.05) is 18.5 Å². The van der Waals surface area contributed by atoms with Crippen molar-refractivity contribution in [3.63, 3.8) is 0 Å². The van der Waals surface area contributed by atoms with Crippen LogP contribution in [0.25, 0.3) is 0 Å². The first-order chi connectivity index (χ1) is 24.3. The van der Waals surface area contributed by atoms with Gasteiger partial charge in [-0.25, -0.2) is 0 Å². The molecule has 49 heavy (non-hydrogen) atoms. The maximum Gasteiger partial charge on any atom is 0.168 e. The minimum atomic E-state index is -0.334. The predicted octanol–water partition coefficient (Wildman–Crippen LogP) is 14.5. The second kappa shape index (κ2) is 32.0. The van der Waals surface area contributed by atoms with E-state index >= 15 is 0 Å². The number of aryl methyl sites for hydroxylation is 1. The standard InChI is InChI=1S/C46H77NO2/c1-3-5-7-9-11-13-15-17-19-21-23-25-27-29-33-39-46(48-43-45(49-46)38-32-31-36-44-37-35-41-47-42-44)40-34-30-28-26-24-22-20-18-16-14-12-10-8-6-4-2/h9-12,15-18,35,37,41-42,45H,3-8,13-14,19-34,36,38-40,43H2,1-2H3/b11-9-,12-10-,17-15-,18-16-. The lowest BCUT2D eigenvalue weighted by Gasteiger charge is -2.28. The van der Waals surface area contributed by atoms with E-state index < -0.39 is 0 Å². The Morgan fingerprint density at radius 2 is 1.12 bits per heavy atom. The zero-order chi connectivity index (χ0) is 34.8. The van der Waals surface area contributed by atoms with Crippen molar-refractivity contribution in [2.24, 2.45) is 0 Å². The number of rotatable bonds is 33. The summed E-state index contributed by atoms with van der Waals surface area (Å²) in [5.41, 5.74) is 1.34. The molecule has 278 valence electrons. The van der Waals surface area contributed by atoms with Gasteiger partial charge in [-0.3, -0.25) is 4.98 Å². The number of pyridine rings is 1. The molecule has 1 unspecified atom stereocenters. The normalized spacial score (nSPS) is 16.4. The van der Waals surface area contributed by atoms with Crippen molar-refractivity contribution in [1.82, 2.24) is 4.98 Å². The van der Waals surface area contributed by atoms with E-state index in [2.05, 4.69) is 73.5 Å². The third-order valence-electron chi connectivity index (χ3n) is 9.89. The number of allylic oxidation sites excluding steroid dienone is 8. The molecule has 0 saturated carbocycles. The molecule has 3 nitrogen and oxygen atoms in total. The maximum atomic E-state index is 6.78. The molecule has 3 heteroatoms. The Hall–Kier alpha value is -1.97. The molecule has 0 aromatic carbocycles. The molecule has 0 aliphatic carbocycles. The fourth-order valence-electron chi connectivity index (χ4n) is 6.78. The molecule has 0 N–H and O–H groups in total. The molecular formula is C46H77NO2. The molecule has 0 bridgehead atoms. The lowest BCUT2D eigenvalue weighted by molar-refractivity contribution is -0.180. The summed E-state index contributed by atoms with van der Waals surface area (Å²) in [5, 5.41) is 0. The summed E-state index contributed by atoms with van der Waals surface area (Å²) in [5.74, 6) is -0.334. The summed E-state index contributed by atoms with van der Waals surface area (Å²) in [4.78, 5) is 4.26. The quantitative estimate of drug-likeness (QED) is 0.0549. The average Bonchev–Trinajstić information content (AvgIpc) is 3.53. The van der Waals surface area contributed by atoms with E-state index in [1.165, 1.54) is 147 Å². The first-order valence-corrected chi connectivity index (χ1v) is 21.1. The smallest absolute Gasteiger partial charge is 0.168 e. The number of hydrogen-bond acceptors (Lipinski definition) is 3. The molecule has 1 saturated heterocycles. The Morgan fingerprint density at radius 1 is 0.612 bits per heavy atom. The van der Waals surface area contributed by atoms with E-state index in [1.54, 1.807) is 0 Å². The van der Waals surface area contributed by atoms with Crippen LogP contribution in [0.3, 0.4) is 0 Å².